The van der Waals surface area contributed by atoms with E-state index in [-0.39, 0.29) is 11.5 Å². The Morgan fingerprint density at radius 2 is 2.00 bits per heavy atom. The molecule has 2 aromatic rings. The van der Waals surface area contributed by atoms with E-state index < -0.39 is 0 Å². The second kappa shape index (κ2) is 4.41. The molecule has 0 radical (unpaired) electrons. The molecule has 0 aliphatic rings. The highest BCUT2D eigenvalue weighted by Gasteiger charge is 2.10. The molecular formula is C14H14N2O2. The average Bonchev–Trinajstić information content (AvgIpc) is 2.28. The summed E-state index contributed by atoms with van der Waals surface area (Å²) in [5.41, 5.74) is 12.8. The highest BCUT2D eigenvalue weighted by molar-refractivity contribution is 6.00. The molecular weight excluding hydrogens is 228 g/mol. The van der Waals surface area contributed by atoms with E-state index in [0.717, 1.165) is 10.8 Å². The van der Waals surface area contributed by atoms with Crippen LogP contribution < -0.4 is 16.2 Å². The monoisotopic (exact) mass is 242 g/mol. The van der Waals surface area contributed by atoms with Crippen molar-refractivity contribution in [2.75, 3.05) is 11.5 Å². The molecule has 0 fully saturated rings. The molecule has 2 rings (SSSR count). The van der Waals surface area contributed by atoms with E-state index in [0.29, 0.717) is 17.1 Å². The van der Waals surface area contributed by atoms with E-state index in [9.17, 15) is 4.79 Å². The van der Waals surface area contributed by atoms with Crippen LogP contribution in [-0.2, 0) is 4.79 Å². The summed E-state index contributed by atoms with van der Waals surface area (Å²) in [4.78, 5) is 11.2. The van der Waals surface area contributed by atoms with Gasteiger partial charge in [0.15, 0.2) is 11.5 Å². The number of allylic oxidation sites excluding steroid dienone is 1. The molecule has 2 aromatic carbocycles. The number of anilines is 2. The van der Waals surface area contributed by atoms with Gasteiger partial charge in [0, 0.05) is 29.8 Å². The first-order valence-corrected chi connectivity index (χ1v) is 5.44. The van der Waals surface area contributed by atoms with Gasteiger partial charge in [0.25, 0.3) is 0 Å². The van der Waals surface area contributed by atoms with Gasteiger partial charge in [0.2, 0.25) is 0 Å². The van der Waals surface area contributed by atoms with Crippen LogP contribution in [0.3, 0.4) is 0 Å². The predicted octanol–water partition coefficient (Wildman–Crippen LogP) is 2.49. The normalized spacial score (nSPS) is 10.3. The van der Waals surface area contributed by atoms with Gasteiger partial charge in [0.05, 0.1) is 0 Å². The van der Waals surface area contributed by atoms with Crippen LogP contribution >= 0.6 is 0 Å². The maximum absolute atomic E-state index is 11.2. The Hall–Kier alpha value is -2.49. The third kappa shape index (κ3) is 2.13. The number of Topliss-reactive ketones (excluding diaryl/α,β-unsaturated/α-hetero) is 1. The number of fused-ring (bicyclic) bond motifs is 1. The van der Waals surface area contributed by atoms with Crippen LogP contribution in [0.25, 0.3) is 10.8 Å². The summed E-state index contributed by atoms with van der Waals surface area (Å²) >= 11 is 0. The molecule has 0 atom stereocenters. The van der Waals surface area contributed by atoms with Crippen molar-refractivity contribution in [3.63, 3.8) is 0 Å². The topological polar surface area (TPSA) is 78.3 Å². The van der Waals surface area contributed by atoms with Gasteiger partial charge in [-0.3, -0.25) is 4.79 Å². The maximum Gasteiger partial charge on any atom is 0.194 e. The zero-order valence-corrected chi connectivity index (χ0v) is 10.1. The number of hydrogen-bond donors (Lipinski definition) is 2. The molecule has 0 heterocycles. The van der Waals surface area contributed by atoms with Gasteiger partial charge in [-0.2, -0.15) is 0 Å². The van der Waals surface area contributed by atoms with Crippen LogP contribution in [0.5, 0.6) is 5.75 Å². The van der Waals surface area contributed by atoms with Gasteiger partial charge in [0.1, 0.15) is 5.75 Å². The first-order chi connectivity index (χ1) is 8.49. The zero-order chi connectivity index (χ0) is 13.3. The number of ether oxygens (including phenoxy) is 1. The van der Waals surface area contributed by atoms with Crippen molar-refractivity contribution in [1.82, 2.24) is 0 Å². The van der Waals surface area contributed by atoms with Gasteiger partial charge in [-0.25, -0.2) is 0 Å². The molecule has 0 bridgehead atoms. The second-order valence-corrected chi connectivity index (χ2v) is 4.05. The fourth-order valence-corrected chi connectivity index (χ4v) is 1.72. The van der Waals surface area contributed by atoms with Crippen LogP contribution in [-0.4, -0.2) is 5.78 Å². The molecule has 0 amide bonds. The largest absolute Gasteiger partial charge is 0.453 e. The zero-order valence-electron chi connectivity index (χ0n) is 10.1. The second-order valence-electron chi connectivity index (χ2n) is 4.05. The van der Waals surface area contributed by atoms with Gasteiger partial charge >= 0.3 is 0 Å². The minimum atomic E-state index is -0.236. The lowest BCUT2D eigenvalue weighted by molar-refractivity contribution is -0.115. The molecule has 0 aromatic heterocycles. The smallest absolute Gasteiger partial charge is 0.194 e. The van der Waals surface area contributed by atoms with E-state index in [1.165, 1.54) is 6.92 Å². The van der Waals surface area contributed by atoms with Gasteiger partial charge in [-0.15, -0.1) is 0 Å². The number of carbonyl (C=O) groups excluding carboxylic acids is 1. The van der Waals surface area contributed by atoms with Crippen molar-refractivity contribution in [3.8, 4) is 5.75 Å². The number of nitrogens with two attached hydrogens (primary N) is 2. The number of ketones is 1. The third-order valence-corrected chi connectivity index (χ3v) is 2.62. The van der Waals surface area contributed by atoms with Gasteiger partial charge in [-0.05, 0) is 17.5 Å². The van der Waals surface area contributed by atoms with E-state index in [1.54, 1.807) is 18.2 Å². The lowest BCUT2D eigenvalue weighted by Crippen LogP contribution is -2.04. The molecule has 4 nitrogen and oxygen atoms in total. The SMILES string of the molecule is C=C(Oc1cc(N)cc2cccc(N)c12)C(C)=O. The van der Waals surface area contributed by atoms with Crippen molar-refractivity contribution in [2.45, 2.75) is 6.92 Å². The minimum absolute atomic E-state index is 0.0603. The highest BCUT2D eigenvalue weighted by atomic mass is 16.5. The van der Waals surface area contributed by atoms with Crippen LogP contribution in [0, 0.1) is 0 Å². The number of benzene rings is 2. The summed E-state index contributed by atoms with van der Waals surface area (Å²) in [6.07, 6.45) is 0. The summed E-state index contributed by atoms with van der Waals surface area (Å²) in [7, 11) is 0. The maximum atomic E-state index is 11.2. The van der Waals surface area contributed by atoms with Crippen molar-refractivity contribution in [1.29, 1.82) is 0 Å². The Morgan fingerprint density at radius 3 is 2.67 bits per heavy atom. The lowest BCUT2D eigenvalue weighted by Gasteiger charge is -2.12. The van der Waals surface area contributed by atoms with E-state index in [1.807, 2.05) is 12.1 Å². The van der Waals surface area contributed by atoms with Gasteiger partial charge < -0.3 is 16.2 Å². The van der Waals surface area contributed by atoms with E-state index in [4.69, 9.17) is 16.2 Å². The first kappa shape index (κ1) is 12.0. The van der Waals surface area contributed by atoms with Crippen LogP contribution in [0.1, 0.15) is 6.92 Å². The molecule has 4 heteroatoms. The van der Waals surface area contributed by atoms with E-state index in [2.05, 4.69) is 6.58 Å². The number of rotatable bonds is 3. The molecule has 0 aliphatic heterocycles. The van der Waals surface area contributed by atoms with Crippen molar-refractivity contribution in [3.05, 3.63) is 42.7 Å². The Balaban J connectivity index is 2.62. The van der Waals surface area contributed by atoms with E-state index >= 15 is 0 Å². The Kier molecular flexibility index (Phi) is 2.93. The summed E-state index contributed by atoms with van der Waals surface area (Å²) < 4.78 is 5.45. The number of carbonyl (C=O) groups is 1. The molecule has 18 heavy (non-hydrogen) atoms. The van der Waals surface area contributed by atoms with Crippen molar-refractivity contribution < 1.29 is 9.53 Å². The van der Waals surface area contributed by atoms with Crippen LogP contribution in [0.4, 0.5) is 11.4 Å². The van der Waals surface area contributed by atoms with Crippen molar-refractivity contribution >= 4 is 27.9 Å². The molecule has 0 saturated carbocycles. The van der Waals surface area contributed by atoms with Crippen LogP contribution in [0.15, 0.2) is 42.7 Å². The quantitative estimate of drug-likeness (QED) is 0.492. The molecule has 0 saturated heterocycles. The lowest BCUT2D eigenvalue weighted by atomic mass is 10.1. The predicted molar refractivity (Wildman–Crippen MR) is 73.2 cm³/mol. The molecule has 92 valence electrons. The minimum Gasteiger partial charge on any atom is -0.453 e. The molecule has 4 N–H and O–H groups in total. The third-order valence-electron chi connectivity index (χ3n) is 2.62. The molecule has 0 spiro atoms. The Bertz CT molecular complexity index is 648. The van der Waals surface area contributed by atoms with Crippen molar-refractivity contribution in [2.24, 2.45) is 0 Å². The van der Waals surface area contributed by atoms with Crippen LogP contribution in [0.2, 0.25) is 0 Å². The Morgan fingerprint density at radius 1 is 1.28 bits per heavy atom. The summed E-state index contributed by atoms with van der Waals surface area (Å²) in [5.74, 6) is 0.272. The average molecular weight is 242 g/mol. The fraction of sp³-hybridized carbons (Fsp3) is 0.0714. The summed E-state index contributed by atoms with van der Waals surface area (Å²) in [6.45, 7) is 4.95. The summed E-state index contributed by atoms with van der Waals surface area (Å²) in [5, 5.41) is 1.59. The fourth-order valence-electron chi connectivity index (χ4n) is 1.72. The summed E-state index contributed by atoms with van der Waals surface area (Å²) in [6, 6.07) is 8.91. The Labute approximate surface area is 105 Å². The standard InChI is InChI=1S/C14H14N2O2/c1-8(17)9(2)18-13-7-11(15)6-10-4-3-5-12(16)14(10)13/h3-7H,2,15-16H2,1H3. The highest BCUT2D eigenvalue weighted by Crippen LogP contribution is 2.34. The first-order valence-electron chi connectivity index (χ1n) is 5.44. The van der Waals surface area contributed by atoms with Gasteiger partial charge in [-0.1, -0.05) is 18.7 Å². The number of hydrogen-bond acceptors (Lipinski definition) is 4. The molecule has 0 unspecified atom stereocenters. The number of nitrogen functional groups attached to an aromatic ring is 2. The molecule has 0 aliphatic carbocycles.